The standard InChI is InChI=1S/C19H22N2O3/c1-2-21(19(22)11-14-7-9-15(20)10-8-14)12-16-13-23-17-5-3-4-6-18(17)24-16/h3-10,16H,2,11-13,20H2,1H3. The number of nitrogen functional groups attached to an aromatic ring is 1. The van der Waals surface area contributed by atoms with E-state index in [0.717, 1.165) is 17.1 Å². The number of hydrogen-bond acceptors (Lipinski definition) is 4. The van der Waals surface area contributed by atoms with Crippen molar-refractivity contribution >= 4 is 11.6 Å². The van der Waals surface area contributed by atoms with Crippen LogP contribution in [0.3, 0.4) is 0 Å². The number of amides is 1. The average molecular weight is 326 g/mol. The minimum Gasteiger partial charge on any atom is -0.486 e. The van der Waals surface area contributed by atoms with Crippen molar-refractivity contribution in [2.75, 3.05) is 25.4 Å². The van der Waals surface area contributed by atoms with E-state index in [1.54, 1.807) is 4.90 Å². The number of carbonyl (C=O) groups is 1. The van der Waals surface area contributed by atoms with E-state index in [1.807, 2.05) is 55.5 Å². The van der Waals surface area contributed by atoms with E-state index in [0.29, 0.717) is 31.8 Å². The highest BCUT2D eigenvalue weighted by Gasteiger charge is 2.24. The number of rotatable bonds is 5. The summed E-state index contributed by atoms with van der Waals surface area (Å²) in [5, 5.41) is 0. The van der Waals surface area contributed by atoms with Gasteiger partial charge in [0.2, 0.25) is 5.91 Å². The fourth-order valence-corrected chi connectivity index (χ4v) is 2.73. The molecule has 1 atom stereocenters. The molecule has 3 rings (SSSR count). The summed E-state index contributed by atoms with van der Waals surface area (Å²) < 4.78 is 11.7. The Kier molecular flexibility index (Phi) is 4.89. The van der Waals surface area contributed by atoms with Crippen molar-refractivity contribution < 1.29 is 14.3 Å². The van der Waals surface area contributed by atoms with Crippen LogP contribution in [-0.2, 0) is 11.2 Å². The van der Waals surface area contributed by atoms with E-state index in [4.69, 9.17) is 15.2 Å². The zero-order valence-electron chi connectivity index (χ0n) is 13.8. The van der Waals surface area contributed by atoms with Gasteiger partial charge in [-0.15, -0.1) is 0 Å². The van der Waals surface area contributed by atoms with Crippen molar-refractivity contribution in [3.05, 3.63) is 54.1 Å². The zero-order valence-corrected chi connectivity index (χ0v) is 13.8. The van der Waals surface area contributed by atoms with Crippen LogP contribution in [-0.4, -0.2) is 36.6 Å². The van der Waals surface area contributed by atoms with Crippen molar-refractivity contribution in [1.29, 1.82) is 0 Å². The first-order chi connectivity index (χ1) is 11.7. The molecule has 1 aliphatic heterocycles. The maximum atomic E-state index is 12.5. The molecule has 0 aliphatic carbocycles. The molecule has 0 bridgehead atoms. The molecule has 1 amide bonds. The van der Waals surface area contributed by atoms with Gasteiger partial charge in [-0.3, -0.25) is 4.79 Å². The van der Waals surface area contributed by atoms with Gasteiger partial charge in [0.25, 0.3) is 0 Å². The third-order valence-corrected chi connectivity index (χ3v) is 4.06. The first kappa shape index (κ1) is 16.2. The first-order valence-corrected chi connectivity index (χ1v) is 8.16. The van der Waals surface area contributed by atoms with Gasteiger partial charge < -0.3 is 20.1 Å². The number of ether oxygens (including phenoxy) is 2. The molecular formula is C19H22N2O3. The van der Waals surface area contributed by atoms with Crippen molar-refractivity contribution in [2.24, 2.45) is 0 Å². The van der Waals surface area contributed by atoms with Crippen LogP contribution in [0.2, 0.25) is 0 Å². The molecular weight excluding hydrogens is 304 g/mol. The molecule has 0 fully saturated rings. The number of nitrogens with zero attached hydrogens (tertiary/aromatic N) is 1. The number of carbonyl (C=O) groups excluding carboxylic acids is 1. The summed E-state index contributed by atoms with van der Waals surface area (Å²) >= 11 is 0. The second kappa shape index (κ2) is 7.25. The van der Waals surface area contributed by atoms with Crippen LogP contribution in [0.1, 0.15) is 12.5 Å². The molecule has 0 saturated carbocycles. The largest absolute Gasteiger partial charge is 0.486 e. The van der Waals surface area contributed by atoms with Crippen LogP contribution in [0.4, 0.5) is 5.69 Å². The maximum absolute atomic E-state index is 12.5. The van der Waals surface area contributed by atoms with Crippen LogP contribution in [0.15, 0.2) is 48.5 Å². The van der Waals surface area contributed by atoms with Gasteiger partial charge in [-0.2, -0.15) is 0 Å². The SMILES string of the molecule is CCN(CC1COc2ccccc2O1)C(=O)Cc1ccc(N)cc1. The van der Waals surface area contributed by atoms with Crippen molar-refractivity contribution in [3.8, 4) is 11.5 Å². The predicted molar refractivity (Wildman–Crippen MR) is 93.2 cm³/mol. The number of hydrogen-bond donors (Lipinski definition) is 1. The van der Waals surface area contributed by atoms with Crippen LogP contribution < -0.4 is 15.2 Å². The fraction of sp³-hybridized carbons (Fsp3) is 0.316. The monoisotopic (exact) mass is 326 g/mol. The predicted octanol–water partition coefficient (Wildman–Crippen LogP) is 2.50. The highest BCUT2D eigenvalue weighted by molar-refractivity contribution is 5.79. The van der Waals surface area contributed by atoms with Gasteiger partial charge in [0, 0.05) is 12.2 Å². The Hall–Kier alpha value is -2.69. The van der Waals surface area contributed by atoms with Crippen molar-refractivity contribution in [3.63, 3.8) is 0 Å². The minimum atomic E-state index is -0.157. The summed E-state index contributed by atoms with van der Waals surface area (Å²) in [7, 11) is 0. The first-order valence-electron chi connectivity index (χ1n) is 8.16. The summed E-state index contributed by atoms with van der Waals surface area (Å²) in [6.07, 6.45) is 0.202. The van der Waals surface area contributed by atoms with Gasteiger partial charge in [0.1, 0.15) is 6.61 Å². The van der Waals surface area contributed by atoms with Gasteiger partial charge in [-0.05, 0) is 36.8 Å². The molecule has 1 heterocycles. The molecule has 2 N–H and O–H groups in total. The summed E-state index contributed by atoms with van der Waals surface area (Å²) in [5.41, 5.74) is 7.34. The van der Waals surface area contributed by atoms with Gasteiger partial charge in [0.15, 0.2) is 17.6 Å². The second-order valence-corrected chi connectivity index (χ2v) is 5.85. The summed E-state index contributed by atoms with van der Waals surface area (Å²) in [4.78, 5) is 14.4. The Labute approximate surface area is 142 Å². The second-order valence-electron chi connectivity index (χ2n) is 5.85. The zero-order chi connectivity index (χ0) is 16.9. The molecule has 1 unspecified atom stereocenters. The molecule has 0 aromatic heterocycles. The molecule has 2 aromatic carbocycles. The third-order valence-electron chi connectivity index (χ3n) is 4.06. The third kappa shape index (κ3) is 3.79. The van der Waals surface area contributed by atoms with E-state index in [2.05, 4.69) is 0 Å². The minimum absolute atomic E-state index is 0.0738. The fourth-order valence-electron chi connectivity index (χ4n) is 2.73. The Morgan fingerprint density at radius 2 is 1.88 bits per heavy atom. The summed E-state index contributed by atoms with van der Waals surface area (Å²) in [6, 6.07) is 15.0. The molecule has 1 aliphatic rings. The average Bonchev–Trinajstić information content (AvgIpc) is 2.61. The smallest absolute Gasteiger partial charge is 0.227 e. The molecule has 2 aromatic rings. The Balaban J connectivity index is 1.60. The molecule has 126 valence electrons. The van der Waals surface area contributed by atoms with E-state index in [1.165, 1.54) is 0 Å². The lowest BCUT2D eigenvalue weighted by atomic mass is 10.1. The lowest BCUT2D eigenvalue weighted by Gasteiger charge is -2.31. The number of para-hydroxylation sites is 2. The van der Waals surface area contributed by atoms with Gasteiger partial charge in [-0.1, -0.05) is 24.3 Å². The Bertz CT molecular complexity index is 700. The Morgan fingerprint density at radius 3 is 2.58 bits per heavy atom. The lowest BCUT2D eigenvalue weighted by molar-refractivity contribution is -0.131. The van der Waals surface area contributed by atoms with Crippen molar-refractivity contribution in [2.45, 2.75) is 19.4 Å². The number of benzene rings is 2. The van der Waals surface area contributed by atoms with Crippen LogP contribution in [0.25, 0.3) is 0 Å². The molecule has 0 radical (unpaired) electrons. The quantitative estimate of drug-likeness (QED) is 0.858. The van der Waals surface area contributed by atoms with Crippen LogP contribution in [0, 0.1) is 0 Å². The Morgan fingerprint density at radius 1 is 1.17 bits per heavy atom. The molecule has 0 spiro atoms. The van der Waals surface area contributed by atoms with Crippen LogP contribution >= 0.6 is 0 Å². The maximum Gasteiger partial charge on any atom is 0.227 e. The van der Waals surface area contributed by atoms with Crippen LogP contribution in [0.5, 0.6) is 11.5 Å². The van der Waals surface area contributed by atoms with E-state index in [9.17, 15) is 4.79 Å². The highest BCUT2D eigenvalue weighted by Crippen LogP contribution is 2.31. The number of fused-ring (bicyclic) bond motifs is 1. The van der Waals surface area contributed by atoms with E-state index in [-0.39, 0.29) is 12.0 Å². The normalized spacial score (nSPS) is 15.8. The topological polar surface area (TPSA) is 64.8 Å². The summed E-state index contributed by atoms with van der Waals surface area (Å²) in [6.45, 7) is 3.56. The lowest BCUT2D eigenvalue weighted by Crippen LogP contribution is -2.44. The van der Waals surface area contributed by atoms with Gasteiger partial charge in [0.05, 0.1) is 13.0 Å². The molecule has 24 heavy (non-hydrogen) atoms. The molecule has 0 saturated heterocycles. The van der Waals surface area contributed by atoms with E-state index >= 15 is 0 Å². The number of likely N-dealkylation sites (N-methyl/N-ethyl adjacent to an activating group) is 1. The number of nitrogens with two attached hydrogens (primary N) is 1. The van der Waals surface area contributed by atoms with Crippen molar-refractivity contribution in [1.82, 2.24) is 4.90 Å². The van der Waals surface area contributed by atoms with E-state index < -0.39 is 0 Å². The summed E-state index contributed by atoms with van der Waals surface area (Å²) in [5.74, 6) is 1.56. The molecule has 5 heteroatoms. The van der Waals surface area contributed by atoms with Gasteiger partial charge in [-0.25, -0.2) is 0 Å². The van der Waals surface area contributed by atoms with Gasteiger partial charge >= 0.3 is 0 Å². The number of anilines is 1. The molecule has 5 nitrogen and oxygen atoms in total. The highest BCUT2D eigenvalue weighted by atomic mass is 16.6.